The van der Waals surface area contributed by atoms with E-state index in [0.717, 1.165) is 44.1 Å². The fraction of sp³-hybridized carbons (Fsp3) is 0.389. The van der Waals surface area contributed by atoms with Gasteiger partial charge in [-0.1, -0.05) is 24.3 Å². The Morgan fingerprint density at radius 3 is 2.77 bits per heavy atom. The molecule has 1 fully saturated rings. The Bertz CT molecular complexity index is 648. The number of nitrogens with one attached hydrogen (secondary N) is 1. The van der Waals surface area contributed by atoms with Crippen LogP contribution in [-0.2, 0) is 24.4 Å². The number of carbonyl (C=O) groups excluding carboxylic acids is 1. The lowest BCUT2D eigenvalue weighted by atomic mass is 10.1. The molecule has 4 nitrogen and oxygen atoms in total. The first-order valence-corrected chi connectivity index (χ1v) is 7.82. The van der Waals surface area contributed by atoms with Gasteiger partial charge >= 0.3 is 0 Å². The molecule has 4 heteroatoms. The third kappa shape index (κ3) is 3.77. The predicted molar refractivity (Wildman–Crippen MR) is 85.1 cm³/mol. The Labute approximate surface area is 131 Å². The Hall–Kier alpha value is -2.07. The minimum atomic E-state index is 0.275. The van der Waals surface area contributed by atoms with Gasteiger partial charge < -0.3 is 14.6 Å². The number of hydrogen-bond donors (Lipinski definition) is 1. The summed E-state index contributed by atoms with van der Waals surface area (Å²) < 4.78 is 5.54. The first-order valence-electron chi connectivity index (χ1n) is 7.82. The van der Waals surface area contributed by atoms with Crippen molar-refractivity contribution < 1.29 is 9.21 Å². The highest BCUT2D eigenvalue weighted by Gasteiger charge is 2.19. The van der Waals surface area contributed by atoms with E-state index in [4.69, 9.17) is 4.42 Å². The summed E-state index contributed by atoms with van der Waals surface area (Å²) in [6, 6.07) is 12.4. The Kier molecular flexibility index (Phi) is 4.59. The van der Waals surface area contributed by atoms with Gasteiger partial charge in [0.25, 0.3) is 0 Å². The van der Waals surface area contributed by atoms with E-state index in [9.17, 15) is 4.79 Å². The van der Waals surface area contributed by atoms with Crippen LogP contribution in [0.3, 0.4) is 0 Å². The molecule has 0 saturated carbocycles. The second-order valence-corrected chi connectivity index (χ2v) is 5.85. The predicted octanol–water partition coefficient (Wildman–Crippen LogP) is 3.00. The highest BCUT2D eigenvalue weighted by atomic mass is 16.3. The van der Waals surface area contributed by atoms with Crippen LogP contribution >= 0.6 is 0 Å². The van der Waals surface area contributed by atoms with Crippen molar-refractivity contribution in [2.45, 2.75) is 39.4 Å². The summed E-state index contributed by atoms with van der Waals surface area (Å²) >= 11 is 0. The van der Waals surface area contributed by atoms with Gasteiger partial charge in [0.1, 0.15) is 11.5 Å². The molecule has 2 aromatic rings. The number of carbonyl (C=O) groups is 1. The number of likely N-dealkylation sites (tertiary alicyclic amines) is 1. The van der Waals surface area contributed by atoms with Gasteiger partial charge in [-0.15, -0.1) is 0 Å². The lowest BCUT2D eigenvalue weighted by Crippen LogP contribution is -2.23. The molecule has 1 N–H and O–H groups in total. The molecule has 22 heavy (non-hydrogen) atoms. The lowest BCUT2D eigenvalue weighted by Gasteiger charge is -2.16. The second kappa shape index (κ2) is 6.79. The van der Waals surface area contributed by atoms with Gasteiger partial charge in [-0.05, 0) is 36.6 Å². The third-order valence-corrected chi connectivity index (χ3v) is 3.96. The molecular weight excluding hydrogens is 276 g/mol. The van der Waals surface area contributed by atoms with E-state index < -0.39 is 0 Å². The van der Waals surface area contributed by atoms with E-state index >= 15 is 0 Å². The van der Waals surface area contributed by atoms with Crippen molar-refractivity contribution in [3.05, 3.63) is 59.0 Å². The molecule has 0 spiro atoms. The van der Waals surface area contributed by atoms with Gasteiger partial charge in [-0.3, -0.25) is 4.79 Å². The van der Waals surface area contributed by atoms with Crippen LogP contribution in [-0.4, -0.2) is 17.4 Å². The van der Waals surface area contributed by atoms with Crippen molar-refractivity contribution in [2.24, 2.45) is 0 Å². The van der Waals surface area contributed by atoms with Crippen LogP contribution < -0.4 is 5.32 Å². The summed E-state index contributed by atoms with van der Waals surface area (Å²) in [7, 11) is 0. The molecule has 1 aliphatic heterocycles. The van der Waals surface area contributed by atoms with E-state index in [1.807, 2.05) is 24.0 Å². The quantitative estimate of drug-likeness (QED) is 0.891. The zero-order valence-corrected chi connectivity index (χ0v) is 13.0. The van der Waals surface area contributed by atoms with E-state index in [1.165, 1.54) is 11.1 Å². The van der Waals surface area contributed by atoms with Crippen LogP contribution in [0.25, 0.3) is 0 Å². The Morgan fingerprint density at radius 2 is 2.05 bits per heavy atom. The van der Waals surface area contributed by atoms with Crippen molar-refractivity contribution in [1.29, 1.82) is 0 Å². The van der Waals surface area contributed by atoms with Crippen molar-refractivity contribution >= 4 is 5.91 Å². The van der Waals surface area contributed by atoms with Gasteiger partial charge in [-0.2, -0.15) is 0 Å². The molecule has 1 amide bonds. The first kappa shape index (κ1) is 14.9. The SMILES string of the molecule is Cc1ccc(CNCc2cccc(CN3CCCC3=O)c2)o1. The molecule has 0 radical (unpaired) electrons. The zero-order valence-electron chi connectivity index (χ0n) is 13.0. The fourth-order valence-corrected chi connectivity index (χ4v) is 2.84. The maximum atomic E-state index is 11.7. The van der Waals surface area contributed by atoms with Gasteiger partial charge in [0.2, 0.25) is 5.91 Å². The molecule has 1 aromatic heterocycles. The van der Waals surface area contributed by atoms with E-state index in [2.05, 4.69) is 29.6 Å². The monoisotopic (exact) mass is 298 g/mol. The maximum Gasteiger partial charge on any atom is 0.222 e. The third-order valence-electron chi connectivity index (χ3n) is 3.96. The molecule has 116 valence electrons. The van der Waals surface area contributed by atoms with Gasteiger partial charge in [0.05, 0.1) is 6.54 Å². The van der Waals surface area contributed by atoms with Crippen molar-refractivity contribution in [2.75, 3.05) is 6.54 Å². The topological polar surface area (TPSA) is 45.5 Å². The zero-order chi connectivity index (χ0) is 15.4. The Balaban J connectivity index is 1.53. The normalized spacial score (nSPS) is 14.8. The number of nitrogens with zero attached hydrogens (tertiary/aromatic N) is 1. The molecule has 0 atom stereocenters. The van der Waals surface area contributed by atoms with Crippen molar-refractivity contribution in [3.63, 3.8) is 0 Å². The number of amides is 1. The standard InChI is InChI=1S/C18H22N2O2/c1-14-7-8-17(22-14)12-19-11-15-4-2-5-16(10-15)13-20-9-3-6-18(20)21/h2,4-5,7-8,10,19H,3,6,9,11-13H2,1H3. The molecule has 1 aromatic carbocycles. The van der Waals surface area contributed by atoms with Crippen molar-refractivity contribution in [3.8, 4) is 0 Å². The van der Waals surface area contributed by atoms with Crippen molar-refractivity contribution in [1.82, 2.24) is 10.2 Å². The summed E-state index contributed by atoms with van der Waals surface area (Å²) in [5.74, 6) is 2.17. The first-order chi connectivity index (χ1) is 10.7. The summed E-state index contributed by atoms with van der Waals surface area (Å²) in [5, 5.41) is 3.39. The number of benzene rings is 1. The highest BCUT2D eigenvalue weighted by molar-refractivity contribution is 5.78. The average molecular weight is 298 g/mol. The van der Waals surface area contributed by atoms with E-state index in [0.29, 0.717) is 6.42 Å². The summed E-state index contributed by atoms with van der Waals surface area (Å²) in [4.78, 5) is 13.6. The molecule has 1 aliphatic rings. The van der Waals surface area contributed by atoms with Crippen LogP contribution in [0.5, 0.6) is 0 Å². The highest BCUT2D eigenvalue weighted by Crippen LogP contribution is 2.15. The number of rotatable bonds is 6. The van der Waals surface area contributed by atoms with E-state index in [1.54, 1.807) is 0 Å². The average Bonchev–Trinajstić information content (AvgIpc) is 3.09. The Morgan fingerprint density at radius 1 is 1.18 bits per heavy atom. The number of furan rings is 1. The van der Waals surface area contributed by atoms with Crippen LogP contribution in [0.2, 0.25) is 0 Å². The van der Waals surface area contributed by atoms with Crippen LogP contribution in [0.15, 0.2) is 40.8 Å². The minimum Gasteiger partial charge on any atom is -0.465 e. The fourth-order valence-electron chi connectivity index (χ4n) is 2.84. The summed E-state index contributed by atoms with van der Waals surface area (Å²) in [5.41, 5.74) is 2.43. The van der Waals surface area contributed by atoms with Gasteiger partial charge in [0, 0.05) is 26.1 Å². The van der Waals surface area contributed by atoms with Gasteiger partial charge in [0.15, 0.2) is 0 Å². The van der Waals surface area contributed by atoms with Gasteiger partial charge in [-0.25, -0.2) is 0 Å². The maximum absolute atomic E-state index is 11.7. The molecule has 2 heterocycles. The molecule has 1 saturated heterocycles. The van der Waals surface area contributed by atoms with E-state index in [-0.39, 0.29) is 5.91 Å². The largest absolute Gasteiger partial charge is 0.465 e. The lowest BCUT2D eigenvalue weighted by molar-refractivity contribution is -0.128. The summed E-state index contributed by atoms with van der Waals surface area (Å²) in [6.45, 7) is 5.08. The molecule has 3 rings (SSSR count). The number of aryl methyl sites for hydroxylation is 1. The smallest absolute Gasteiger partial charge is 0.222 e. The van der Waals surface area contributed by atoms with Crippen LogP contribution in [0, 0.1) is 6.92 Å². The number of hydrogen-bond acceptors (Lipinski definition) is 3. The molecule has 0 bridgehead atoms. The second-order valence-electron chi connectivity index (χ2n) is 5.85. The minimum absolute atomic E-state index is 0.275. The molecule has 0 aliphatic carbocycles. The van der Waals surface area contributed by atoms with Crippen LogP contribution in [0.1, 0.15) is 35.5 Å². The summed E-state index contributed by atoms with van der Waals surface area (Å²) in [6.07, 6.45) is 1.69. The van der Waals surface area contributed by atoms with Crippen LogP contribution in [0.4, 0.5) is 0 Å². The molecule has 0 unspecified atom stereocenters. The molecular formula is C18H22N2O2.